The van der Waals surface area contributed by atoms with Crippen molar-refractivity contribution in [3.63, 3.8) is 0 Å². The number of hydrogen-bond donors (Lipinski definition) is 1. The van der Waals surface area contributed by atoms with Crippen LogP contribution in [0.1, 0.15) is 25.0 Å². The van der Waals surface area contributed by atoms with Crippen LogP contribution in [-0.4, -0.2) is 16.3 Å². The smallest absolute Gasteiger partial charge is 0.0518 e. The average molecular weight is 179 g/mol. The van der Waals surface area contributed by atoms with Crippen LogP contribution in [0.5, 0.6) is 0 Å². The summed E-state index contributed by atoms with van der Waals surface area (Å²) in [6, 6.07) is 2.06. The molecule has 3 heteroatoms. The SMILES string of the molecule is Cn1nccc1CNCCC1CC1. The molecule has 3 nitrogen and oxygen atoms in total. The van der Waals surface area contributed by atoms with Gasteiger partial charge < -0.3 is 5.32 Å². The van der Waals surface area contributed by atoms with Crippen molar-refractivity contribution in [1.82, 2.24) is 15.1 Å². The van der Waals surface area contributed by atoms with E-state index in [9.17, 15) is 0 Å². The fraction of sp³-hybridized carbons (Fsp3) is 0.700. The Hall–Kier alpha value is -0.830. The van der Waals surface area contributed by atoms with Crippen molar-refractivity contribution in [2.24, 2.45) is 13.0 Å². The van der Waals surface area contributed by atoms with E-state index in [4.69, 9.17) is 0 Å². The normalized spacial score (nSPS) is 16.4. The van der Waals surface area contributed by atoms with Crippen LogP contribution < -0.4 is 5.32 Å². The van der Waals surface area contributed by atoms with Gasteiger partial charge in [-0.2, -0.15) is 5.10 Å². The highest BCUT2D eigenvalue weighted by Crippen LogP contribution is 2.31. The first-order valence-electron chi connectivity index (χ1n) is 5.04. The zero-order chi connectivity index (χ0) is 9.10. The summed E-state index contributed by atoms with van der Waals surface area (Å²) >= 11 is 0. The van der Waals surface area contributed by atoms with Crippen LogP contribution in [-0.2, 0) is 13.6 Å². The average Bonchev–Trinajstić information content (AvgIpc) is 2.86. The van der Waals surface area contributed by atoms with E-state index in [1.165, 1.54) is 25.0 Å². The summed E-state index contributed by atoms with van der Waals surface area (Å²) in [4.78, 5) is 0. The quantitative estimate of drug-likeness (QED) is 0.691. The minimum absolute atomic E-state index is 0.948. The van der Waals surface area contributed by atoms with E-state index in [0.717, 1.165) is 19.0 Å². The highest BCUT2D eigenvalue weighted by molar-refractivity contribution is 4.99. The van der Waals surface area contributed by atoms with Crippen LogP contribution >= 0.6 is 0 Å². The second-order valence-electron chi connectivity index (χ2n) is 3.85. The van der Waals surface area contributed by atoms with Gasteiger partial charge >= 0.3 is 0 Å². The number of nitrogens with zero attached hydrogens (tertiary/aromatic N) is 2. The molecule has 0 atom stereocenters. The van der Waals surface area contributed by atoms with Crippen LogP contribution in [0.3, 0.4) is 0 Å². The van der Waals surface area contributed by atoms with Gasteiger partial charge in [0.1, 0.15) is 0 Å². The Balaban J connectivity index is 1.64. The summed E-state index contributed by atoms with van der Waals surface area (Å²) < 4.78 is 1.92. The predicted molar refractivity (Wildman–Crippen MR) is 52.3 cm³/mol. The van der Waals surface area contributed by atoms with Crippen molar-refractivity contribution in [1.29, 1.82) is 0 Å². The number of aryl methyl sites for hydroxylation is 1. The molecule has 1 aliphatic rings. The van der Waals surface area contributed by atoms with E-state index in [2.05, 4.69) is 16.5 Å². The van der Waals surface area contributed by atoms with Crippen molar-refractivity contribution < 1.29 is 0 Å². The fourth-order valence-electron chi connectivity index (χ4n) is 1.50. The molecule has 0 aromatic carbocycles. The van der Waals surface area contributed by atoms with Crippen LogP contribution in [0, 0.1) is 5.92 Å². The number of hydrogen-bond acceptors (Lipinski definition) is 2. The summed E-state index contributed by atoms with van der Waals surface area (Å²) in [6.07, 6.45) is 6.09. The van der Waals surface area contributed by atoms with Crippen LogP contribution in [0.15, 0.2) is 12.3 Å². The Kier molecular flexibility index (Phi) is 2.64. The second-order valence-corrected chi connectivity index (χ2v) is 3.85. The number of nitrogens with one attached hydrogen (secondary N) is 1. The van der Waals surface area contributed by atoms with Crippen molar-refractivity contribution in [3.05, 3.63) is 18.0 Å². The molecule has 1 fully saturated rings. The summed E-state index contributed by atoms with van der Waals surface area (Å²) in [5, 5.41) is 7.56. The van der Waals surface area contributed by atoms with Gasteiger partial charge in [-0.05, 0) is 24.9 Å². The van der Waals surface area contributed by atoms with Gasteiger partial charge in [-0.3, -0.25) is 4.68 Å². The molecule has 0 unspecified atom stereocenters. The van der Waals surface area contributed by atoms with Crippen molar-refractivity contribution in [3.8, 4) is 0 Å². The van der Waals surface area contributed by atoms with Gasteiger partial charge in [0.15, 0.2) is 0 Å². The standard InChI is InChI=1S/C10H17N3/c1-13-10(5-7-12-13)8-11-6-4-9-2-3-9/h5,7,9,11H,2-4,6,8H2,1H3. The largest absolute Gasteiger partial charge is 0.311 e. The first-order valence-corrected chi connectivity index (χ1v) is 5.04. The maximum absolute atomic E-state index is 4.12. The van der Waals surface area contributed by atoms with E-state index in [1.807, 2.05) is 17.9 Å². The maximum Gasteiger partial charge on any atom is 0.0518 e. The van der Waals surface area contributed by atoms with Gasteiger partial charge in [0.25, 0.3) is 0 Å². The van der Waals surface area contributed by atoms with Gasteiger partial charge in [-0.15, -0.1) is 0 Å². The summed E-state index contributed by atoms with van der Waals surface area (Å²) in [7, 11) is 1.98. The van der Waals surface area contributed by atoms with Crippen LogP contribution in [0.2, 0.25) is 0 Å². The third-order valence-electron chi connectivity index (χ3n) is 2.65. The lowest BCUT2D eigenvalue weighted by Gasteiger charge is -2.03. The van der Waals surface area contributed by atoms with Gasteiger partial charge in [-0.1, -0.05) is 12.8 Å². The monoisotopic (exact) mass is 179 g/mol. The third kappa shape index (κ3) is 2.56. The van der Waals surface area contributed by atoms with Gasteiger partial charge in [0.2, 0.25) is 0 Å². The summed E-state index contributed by atoms with van der Waals surface area (Å²) in [5.41, 5.74) is 1.26. The molecule has 1 N–H and O–H groups in total. The Morgan fingerprint density at radius 3 is 3.08 bits per heavy atom. The topological polar surface area (TPSA) is 29.9 Å². The lowest BCUT2D eigenvalue weighted by molar-refractivity contribution is 0.585. The lowest BCUT2D eigenvalue weighted by atomic mass is 10.3. The molecule has 0 saturated heterocycles. The molecular weight excluding hydrogens is 162 g/mol. The zero-order valence-corrected chi connectivity index (χ0v) is 8.16. The first-order chi connectivity index (χ1) is 6.36. The molecule has 0 spiro atoms. The minimum Gasteiger partial charge on any atom is -0.311 e. The Morgan fingerprint density at radius 2 is 2.46 bits per heavy atom. The first kappa shape index (κ1) is 8.75. The number of aromatic nitrogens is 2. The summed E-state index contributed by atoms with van der Waals surface area (Å²) in [5.74, 6) is 1.03. The van der Waals surface area contributed by atoms with Gasteiger partial charge in [0.05, 0.1) is 5.69 Å². The van der Waals surface area contributed by atoms with E-state index in [0.29, 0.717) is 0 Å². The lowest BCUT2D eigenvalue weighted by Crippen LogP contribution is -2.17. The molecule has 2 rings (SSSR count). The van der Waals surface area contributed by atoms with Crippen LogP contribution in [0.4, 0.5) is 0 Å². The molecule has 72 valence electrons. The molecule has 1 aliphatic carbocycles. The minimum atomic E-state index is 0.948. The van der Waals surface area contributed by atoms with Crippen molar-refractivity contribution in [2.45, 2.75) is 25.8 Å². The molecule has 1 saturated carbocycles. The molecule has 0 radical (unpaired) electrons. The molecular formula is C10H17N3. The molecule has 13 heavy (non-hydrogen) atoms. The van der Waals surface area contributed by atoms with E-state index in [-0.39, 0.29) is 0 Å². The maximum atomic E-state index is 4.12. The van der Waals surface area contributed by atoms with Crippen molar-refractivity contribution in [2.75, 3.05) is 6.54 Å². The summed E-state index contributed by atoms with van der Waals surface area (Å²) in [6.45, 7) is 2.10. The zero-order valence-electron chi connectivity index (χ0n) is 8.16. The molecule has 0 aliphatic heterocycles. The molecule has 0 bridgehead atoms. The third-order valence-corrected chi connectivity index (χ3v) is 2.65. The van der Waals surface area contributed by atoms with E-state index < -0.39 is 0 Å². The van der Waals surface area contributed by atoms with Gasteiger partial charge in [-0.25, -0.2) is 0 Å². The van der Waals surface area contributed by atoms with E-state index >= 15 is 0 Å². The second kappa shape index (κ2) is 3.92. The number of rotatable bonds is 5. The molecule has 1 heterocycles. The predicted octanol–water partition coefficient (Wildman–Crippen LogP) is 1.31. The van der Waals surface area contributed by atoms with Crippen molar-refractivity contribution >= 4 is 0 Å². The molecule has 1 aromatic rings. The highest BCUT2D eigenvalue weighted by atomic mass is 15.3. The molecule has 0 amide bonds. The highest BCUT2D eigenvalue weighted by Gasteiger charge is 2.19. The van der Waals surface area contributed by atoms with E-state index in [1.54, 1.807) is 0 Å². The Morgan fingerprint density at radius 1 is 1.62 bits per heavy atom. The fourth-order valence-corrected chi connectivity index (χ4v) is 1.50. The Labute approximate surface area is 79.1 Å². The Bertz CT molecular complexity index is 263. The van der Waals surface area contributed by atoms with Crippen LogP contribution in [0.25, 0.3) is 0 Å². The van der Waals surface area contributed by atoms with Gasteiger partial charge in [0, 0.05) is 19.8 Å². The molecule has 1 aromatic heterocycles.